The van der Waals surface area contributed by atoms with Gasteiger partial charge < -0.3 is 14.6 Å². The van der Waals surface area contributed by atoms with E-state index in [1.54, 1.807) is 18.2 Å². The van der Waals surface area contributed by atoms with Crippen molar-refractivity contribution in [2.24, 2.45) is 0 Å². The summed E-state index contributed by atoms with van der Waals surface area (Å²) in [5.74, 6) is 0.624. The monoisotopic (exact) mass is 439 g/mol. The first kappa shape index (κ1) is 22.3. The molecule has 0 atom stereocenters. The Morgan fingerprint density at radius 2 is 1.81 bits per heavy atom. The van der Waals surface area contributed by atoms with Crippen LogP contribution in [0.3, 0.4) is 0 Å². The van der Waals surface area contributed by atoms with E-state index < -0.39 is 11.4 Å². The van der Waals surface area contributed by atoms with E-state index >= 15 is 0 Å². The molecule has 3 aromatic rings. The van der Waals surface area contributed by atoms with Gasteiger partial charge in [-0.1, -0.05) is 24.3 Å². The first-order valence-corrected chi connectivity index (χ1v) is 11.0. The van der Waals surface area contributed by atoms with Gasteiger partial charge in [-0.25, -0.2) is 4.39 Å². The van der Waals surface area contributed by atoms with Crippen molar-refractivity contribution in [1.82, 2.24) is 14.7 Å². The van der Waals surface area contributed by atoms with Crippen LogP contribution in [0.4, 0.5) is 4.39 Å². The molecular weight excluding hydrogens is 409 g/mol. The summed E-state index contributed by atoms with van der Waals surface area (Å²) in [4.78, 5) is 2.31. The molecule has 0 aliphatic carbocycles. The molecule has 7 heteroatoms. The van der Waals surface area contributed by atoms with Crippen molar-refractivity contribution in [3.05, 3.63) is 77.9 Å². The minimum Gasteiger partial charge on any atom is -0.492 e. The van der Waals surface area contributed by atoms with E-state index in [9.17, 15) is 9.50 Å². The number of nitrogens with zero attached hydrogens (tertiary/aromatic N) is 3. The zero-order valence-electron chi connectivity index (χ0n) is 18.4. The molecule has 1 aromatic heterocycles. The van der Waals surface area contributed by atoms with Crippen molar-refractivity contribution >= 4 is 0 Å². The van der Waals surface area contributed by atoms with Crippen molar-refractivity contribution in [2.75, 3.05) is 26.3 Å². The van der Waals surface area contributed by atoms with Crippen LogP contribution in [-0.2, 0) is 13.1 Å². The van der Waals surface area contributed by atoms with Gasteiger partial charge in [-0.05, 0) is 55.2 Å². The highest BCUT2D eigenvalue weighted by atomic mass is 19.1. The number of benzene rings is 2. The van der Waals surface area contributed by atoms with Crippen molar-refractivity contribution in [3.8, 4) is 11.5 Å². The van der Waals surface area contributed by atoms with Crippen LogP contribution in [-0.4, -0.2) is 51.7 Å². The molecule has 0 saturated carbocycles. The topological polar surface area (TPSA) is 59.8 Å². The van der Waals surface area contributed by atoms with Gasteiger partial charge in [-0.2, -0.15) is 5.10 Å². The lowest BCUT2D eigenvalue weighted by atomic mass is 9.92. The fraction of sp³-hybridized carbons (Fsp3) is 0.400. The van der Waals surface area contributed by atoms with Crippen molar-refractivity contribution in [3.63, 3.8) is 0 Å². The number of aryl methyl sites for hydroxylation is 1. The largest absolute Gasteiger partial charge is 0.492 e. The molecule has 0 spiro atoms. The summed E-state index contributed by atoms with van der Waals surface area (Å²) in [5.41, 5.74) is 1.42. The number of hydrogen-bond donors (Lipinski definition) is 1. The summed E-state index contributed by atoms with van der Waals surface area (Å²) in [6, 6.07) is 14.4. The van der Waals surface area contributed by atoms with Crippen molar-refractivity contribution < 1.29 is 19.0 Å². The van der Waals surface area contributed by atoms with Gasteiger partial charge in [-0.3, -0.25) is 9.58 Å². The maximum atomic E-state index is 13.7. The van der Waals surface area contributed by atoms with E-state index in [-0.39, 0.29) is 12.4 Å². The van der Waals surface area contributed by atoms with Crippen LogP contribution in [0.1, 0.15) is 24.0 Å². The van der Waals surface area contributed by atoms with E-state index in [1.807, 2.05) is 36.1 Å². The smallest absolute Gasteiger partial charge is 0.165 e. The molecule has 2 aromatic carbocycles. The Hall–Kier alpha value is -2.90. The molecular formula is C25H30FN3O3. The second-order valence-electron chi connectivity index (χ2n) is 8.49. The summed E-state index contributed by atoms with van der Waals surface area (Å²) in [6.07, 6.45) is 5.02. The molecule has 170 valence electrons. The summed E-state index contributed by atoms with van der Waals surface area (Å²) in [6.45, 7) is 5.75. The number of aliphatic hydroxyl groups is 1. The van der Waals surface area contributed by atoms with Gasteiger partial charge in [0.2, 0.25) is 0 Å². The Morgan fingerprint density at radius 1 is 1.06 bits per heavy atom. The first-order valence-electron chi connectivity index (χ1n) is 11.0. The lowest BCUT2D eigenvalue weighted by Crippen LogP contribution is -2.47. The van der Waals surface area contributed by atoms with Gasteiger partial charge in [-0.15, -0.1) is 0 Å². The van der Waals surface area contributed by atoms with Crippen molar-refractivity contribution in [1.29, 1.82) is 0 Å². The van der Waals surface area contributed by atoms with Gasteiger partial charge in [0.25, 0.3) is 0 Å². The fourth-order valence-electron chi connectivity index (χ4n) is 3.84. The number of rotatable bonds is 9. The average molecular weight is 440 g/mol. The minimum absolute atomic E-state index is 0.103. The Labute approximate surface area is 188 Å². The predicted molar refractivity (Wildman–Crippen MR) is 120 cm³/mol. The lowest BCUT2D eigenvalue weighted by Gasteiger charge is -2.38. The van der Waals surface area contributed by atoms with Crippen LogP contribution in [0, 0.1) is 12.7 Å². The predicted octanol–water partition coefficient (Wildman–Crippen LogP) is 3.82. The number of likely N-dealkylation sites (tertiary alicyclic amines) is 1. The van der Waals surface area contributed by atoms with Gasteiger partial charge >= 0.3 is 0 Å². The summed E-state index contributed by atoms with van der Waals surface area (Å²) in [5, 5.41) is 15.1. The van der Waals surface area contributed by atoms with Crippen LogP contribution in [0.15, 0.2) is 60.9 Å². The van der Waals surface area contributed by atoms with Crippen LogP contribution in [0.25, 0.3) is 0 Å². The number of para-hydroxylation sites is 1. The molecule has 1 aliphatic heterocycles. The molecule has 2 heterocycles. The zero-order chi connectivity index (χ0) is 22.4. The Kier molecular flexibility index (Phi) is 7.07. The molecule has 1 saturated heterocycles. The highest BCUT2D eigenvalue weighted by molar-refractivity contribution is 5.27. The quantitative estimate of drug-likeness (QED) is 0.549. The fourth-order valence-corrected chi connectivity index (χ4v) is 3.84. The number of aromatic nitrogens is 2. The standard InChI is InChI=1S/C25H30FN3O3/c1-20-16-27-29(17-20)14-15-31-22-8-6-21(7-9-22)18-28-12-10-25(30,11-13-28)19-32-24-5-3-2-4-23(24)26/h2-9,16-17,30H,10-15,18-19H2,1H3. The molecule has 0 amide bonds. The second-order valence-corrected chi connectivity index (χ2v) is 8.49. The maximum absolute atomic E-state index is 13.7. The SMILES string of the molecule is Cc1cnn(CCOc2ccc(CN3CCC(O)(COc4ccccc4F)CC3)cc2)c1. The number of ether oxygens (including phenoxy) is 2. The van der Waals surface area contributed by atoms with E-state index in [2.05, 4.69) is 22.1 Å². The van der Waals surface area contributed by atoms with Gasteiger partial charge in [0.05, 0.1) is 12.7 Å². The van der Waals surface area contributed by atoms with Gasteiger partial charge in [0.1, 0.15) is 24.6 Å². The van der Waals surface area contributed by atoms with Crippen LogP contribution >= 0.6 is 0 Å². The molecule has 4 rings (SSSR count). The van der Waals surface area contributed by atoms with E-state index in [0.29, 0.717) is 26.0 Å². The third-order valence-corrected chi connectivity index (χ3v) is 5.80. The Bertz CT molecular complexity index is 998. The van der Waals surface area contributed by atoms with Gasteiger partial charge in [0.15, 0.2) is 11.6 Å². The molecule has 1 N–H and O–H groups in total. The average Bonchev–Trinajstić information content (AvgIpc) is 3.21. The highest BCUT2D eigenvalue weighted by Crippen LogP contribution is 2.26. The minimum atomic E-state index is -0.927. The summed E-state index contributed by atoms with van der Waals surface area (Å²) in [7, 11) is 0. The zero-order valence-corrected chi connectivity index (χ0v) is 18.4. The van der Waals surface area contributed by atoms with Crippen LogP contribution in [0.2, 0.25) is 0 Å². The van der Waals surface area contributed by atoms with Gasteiger partial charge in [0, 0.05) is 25.8 Å². The van der Waals surface area contributed by atoms with Crippen LogP contribution < -0.4 is 9.47 Å². The molecule has 6 nitrogen and oxygen atoms in total. The highest BCUT2D eigenvalue weighted by Gasteiger charge is 2.33. The molecule has 32 heavy (non-hydrogen) atoms. The Balaban J connectivity index is 1.19. The maximum Gasteiger partial charge on any atom is 0.165 e. The third kappa shape index (κ3) is 6.08. The normalized spacial score (nSPS) is 16.1. The third-order valence-electron chi connectivity index (χ3n) is 5.80. The first-order chi connectivity index (χ1) is 15.5. The second kappa shape index (κ2) is 10.1. The van der Waals surface area contributed by atoms with E-state index in [0.717, 1.165) is 30.9 Å². The molecule has 1 fully saturated rings. The molecule has 0 bridgehead atoms. The summed E-state index contributed by atoms with van der Waals surface area (Å²) < 4.78 is 27.0. The molecule has 0 unspecified atom stereocenters. The Morgan fingerprint density at radius 3 is 2.50 bits per heavy atom. The van der Waals surface area contributed by atoms with Crippen LogP contribution in [0.5, 0.6) is 11.5 Å². The number of piperidine rings is 1. The summed E-state index contributed by atoms with van der Waals surface area (Å²) >= 11 is 0. The number of halogens is 1. The van der Waals surface area contributed by atoms with Crippen molar-refractivity contribution in [2.45, 2.75) is 38.5 Å². The van der Waals surface area contributed by atoms with E-state index in [1.165, 1.54) is 11.6 Å². The molecule has 1 aliphatic rings. The number of hydrogen-bond acceptors (Lipinski definition) is 5. The lowest BCUT2D eigenvalue weighted by molar-refractivity contribution is -0.0543. The van der Waals surface area contributed by atoms with E-state index in [4.69, 9.17) is 9.47 Å². The molecule has 0 radical (unpaired) electrons.